The van der Waals surface area contributed by atoms with Crippen molar-refractivity contribution in [2.75, 3.05) is 12.0 Å². The van der Waals surface area contributed by atoms with E-state index in [2.05, 4.69) is 12.2 Å². The number of methoxy groups -OCH3 is 1. The summed E-state index contributed by atoms with van der Waals surface area (Å²) < 4.78 is 5.14. The molecular weight excluding hydrogens is 278 g/mol. The smallest absolute Gasteiger partial charge is 0.238 e. The topological polar surface area (TPSA) is 46.6 Å². The maximum absolute atomic E-state index is 12.9. The monoisotopic (exact) mass is 297 g/mol. The summed E-state index contributed by atoms with van der Waals surface area (Å²) in [5.74, 6) is 0.799. The molecule has 2 bridgehead atoms. The van der Waals surface area contributed by atoms with Crippen LogP contribution >= 0.6 is 0 Å². The molecular formula is C18H19NO3. The SMILES string of the molecule is COc1ccc(N2C(=O)C3C4C=CC(CCC4)C3C2=O)cc1. The van der Waals surface area contributed by atoms with E-state index in [-0.39, 0.29) is 35.5 Å². The molecule has 4 aliphatic rings. The van der Waals surface area contributed by atoms with Crippen molar-refractivity contribution < 1.29 is 14.3 Å². The molecule has 3 aliphatic carbocycles. The molecule has 4 atom stereocenters. The first-order chi connectivity index (χ1) is 10.7. The van der Waals surface area contributed by atoms with E-state index >= 15 is 0 Å². The summed E-state index contributed by atoms with van der Waals surface area (Å²) in [4.78, 5) is 27.2. The molecule has 1 aromatic rings. The molecule has 22 heavy (non-hydrogen) atoms. The zero-order valence-corrected chi connectivity index (χ0v) is 12.6. The average Bonchev–Trinajstić information content (AvgIpc) is 2.75. The van der Waals surface area contributed by atoms with E-state index in [0.717, 1.165) is 25.0 Å². The first kappa shape index (κ1) is 13.6. The minimum atomic E-state index is -0.160. The molecule has 1 saturated carbocycles. The van der Waals surface area contributed by atoms with Crippen molar-refractivity contribution in [2.24, 2.45) is 23.7 Å². The third-order valence-corrected chi connectivity index (χ3v) is 5.33. The summed E-state index contributed by atoms with van der Waals surface area (Å²) in [5, 5.41) is 0. The van der Waals surface area contributed by atoms with Gasteiger partial charge in [0, 0.05) is 0 Å². The summed E-state index contributed by atoms with van der Waals surface area (Å²) >= 11 is 0. The number of fused-ring (bicyclic) bond motifs is 2. The van der Waals surface area contributed by atoms with Gasteiger partial charge < -0.3 is 4.74 Å². The second kappa shape index (κ2) is 4.97. The molecule has 4 unspecified atom stereocenters. The lowest BCUT2D eigenvalue weighted by molar-refractivity contribution is -0.122. The third-order valence-electron chi connectivity index (χ3n) is 5.33. The van der Waals surface area contributed by atoms with Gasteiger partial charge in [-0.05, 0) is 48.9 Å². The van der Waals surface area contributed by atoms with Gasteiger partial charge in [-0.15, -0.1) is 0 Å². The molecule has 5 rings (SSSR count). The van der Waals surface area contributed by atoms with Gasteiger partial charge in [-0.1, -0.05) is 18.6 Å². The number of anilines is 1. The maximum atomic E-state index is 12.9. The molecule has 2 amide bonds. The lowest BCUT2D eigenvalue weighted by Crippen LogP contribution is -2.32. The van der Waals surface area contributed by atoms with Gasteiger partial charge in [-0.3, -0.25) is 14.5 Å². The van der Waals surface area contributed by atoms with Crippen LogP contribution in [0.15, 0.2) is 36.4 Å². The van der Waals surface area contributed by atoms with E-state index in [1.807, 2.05) is 0 Å². The minimum absolute atomic E-state index is 0.0265. The van der Waals surface area contributed by atoms with Gasteiger partial charge in [-0.2, -0.15) is 0 Å². The van der Waals surface area contributed by atoms with Crippen molar-refractivity contribution in [3.8, 4) is 5.75 Å². The Morgan fingerprint density at radius 1 is 0.955 bits per heavy atom. The number of ether oxygens (including phenoxy) is 1. The van der Waals surface area contributed by atoms with Crippen molar-refractivity contribution >= 4 is 17.5 Å². The Morgan fingerprint density at radius 3 is 2.00 bits per heavy atom. The van der Waals surface area contributed by atoms with Gasteiger partial charge in [0.2, 0.25) is 11.8 Å². The van der Waals surface area contributed by atoms with Gasteiger partial charge in [0.05, 0.1) is 24.6 Å². The Bertz CT molecular complexity index is 617. The number of hydrogen-bond acceptors (Lipinski definition) is 3. The van der Waals surface area contributed by atoms with Gasteiger partial charge in [0.1, 0.15) is 5.75 Å². The molecule has 4 nitrogen and oxygen atoms in total. The number of hydrogen-bond donors (Lipinski definition) is 0. The fourth-order valence-electron chi connectivity index (χ4n) is 4.26. The average molecular weight is 297 g/mol. The Morgan fingerprint density at radius 2 is 1.50 bits per heavy atom. The summed E-state index contributed by atoms with van der Waals surface area (Å²) in [6.07, 6.45) is 7.48. The molecule has 1 aromatic carbocycles. The lowest BCUT2D eigenvalue weighted by atomic mass is 9.73. The normalized spacial score (nSPS) is 33.0. The second-order valence-electron chi connectivity index (χ2n) is 6.40. The molecule has 1 heterocycles. The highest BCUT2D eigenvalue weighted by Crippen LogP contribution is 2.48. The Kier molecular flexibility index (Phi) is 3.06. The van der Waals surface area contributed by atoms with Crippen molar-refractivity contribution in [3.05, 3.63) is 36.4 Å². The van der Waals surface area contributed by atoms with Gasteiger partial charge in [0.25, 0.3) is 0 Å². The third kappa shape index (κ3) is 1.83. The minimum Gasteiger partial charge on any atom is -0.497 e. The Labute approximate surface area is 129 Å². The standard InChI is InChI=1S/C18H19NO3/c1-22-14-9-7-13(8-10-14)19-17(20)15-11-3-2-4-12(6-5-11)16(15)18(19)21/h5-12,15-16H,2-4H2,1H3. The fraction of sp³-hybridized carbons (Fsp3) is 0.444. The molecule has 4 heteroatoms. The van der Waals surface area contributed by atoms with E-state index in [4.69, 9.17) is 4.74 Å². The quantitative estimate of drug-likeness (QED) is 0.623. The van der Waals surface area contributed by atoms with Crippen molar-refractivity contribution in [1.82, 2.24) is 0 Å². The van der Waals surface area contributed by atoms with Crippen molar-refractivity contribution in [2.45, 2.75) is 19.3 Å². The number of benzene rings is 1. The highest BCUT2D eigenvalue weighted by atomic mass is 16.5. The van der Waals surface area contributed by atoms with Crippen LogP contribution in [0.1, 0.15) is 19.3 Å². The van der Waals surface area contributed by atoms with Crippen molar-refractivity contribution in [1.29, 1.82) is 0 Å². The predicted molar refractivity (Wildman–Crippen MR) is 82.4 cm³/mol. The highest BCUT2D eigenvalue weighted by molar-refractivity contribution is 6.22. The predicted octanol–water partition coefficient (Wildman–Crippen LogP) is 2.79. The zero-order valence-electron chi connectivity index (χ0n) is 12.6. The first-order valence-electron chi connectivity index (χ1n) is 7.91. The van der Waals surface area contributed by atoms with Crippen LogP contribution in [-0.4, -0.2) is 18.9 Å². The molecule has 0 radical (unpaired) electrons. The van der Waals surface area contributed by atoms with Crippen LogP contribution in [0.2, 0.25) is 0 Å². The molecule has 0 N–H and O–H groups in total. The van der Waals surface area contributed by atoms with Crippen molar-refractivity contribution in [3.63, 3.8) is 0 Å². The maximum Gasteiger partial charge on any atom is 0.238 e. The number of rotatable bonds is 2. The van der Waals surface area contributed by atoms with Crippen LogP contribution in [0.4, 0.5) is 5.69 Å². The van der Waals surface area contributed by atoms with E-state index < -0.39 is 0 Å². The first-order valence-corrected chi connectivity index (χ1v) is 7.91. The van der Waals surface area contributed by atoms with Gasteiger partial charge in [-0.25, -0.2) is 0 Å². The molecule has 1 aliphatic heterocycles. The summed E-state index contributed by atoms with van der Waals surface area (Å²) in [5.41, 5.74) is 0.656. The van der Waals surface area contributed by atoms with E-state index in [1.165, 1.54) is 4.90 Å². The summed E-state index contributed by atoms with van der Waals surface area (Å²) in [6.45, 7) is 0. The van der Waals surface area contributed by atoms with Crippen LogP contribution in [0.3, 0.4) is 0 Å². The highest BCUT2D eigenvalue weighted by Gasteiger charge is 2.55. The molecule has 0 spiro atoms. The van der Waals surface area contributed by atoms with Crippen LogP contribution < -0.4 is 9.64 Å². The van der Waals surface area contributed by atoms with Crippen LogP contribution in [0.25, 0.3) is 0 Å². The van der Waals surface area contributed by atoms with Gasteiger partial charge in [0.15, 0.2) is 0 Å². The van der Waals surface area contributed by atoms with Gasteiger partial charge >= 0.3 is 0 Å². The second-order valence-corrected chi connectivity index (χ2v) is 6.40. The number of nitrogens with zero attached hydrogens (tertiary/aromatic N) is 1. The Hall–Kier alpha value is -2.10. The van der Waals surface area contributed by atoms with E-state index in [0.29, 0.717) is 5.69 Å². The lowest BCUT2D eigenvalue weighted by Gasteiger charge is -2.27. The Balaban J connectivity index is 1.71. The van der Waals surface area contributed by atoms with Crippen LogP contribution in [0.5, 0.6) is 5.75 Å². The van der Waals surface area contributed by atoms with Crippen LogP contribution in [0, 0.1) is 23.7 Å². The summed E-state index contributed by atoms with van der Waals surface area (Å²) in [6, 6.07) is 7.15. The van der Waals surface area contributed by atoms with E-state index in [9.17, 15) is 9.59 Å². The molecule has 0 aromatic heterocycles. The fourth-order valence-corrected chi connectivity index (χ4v) is 4.26. The zero-order chi connectivity index (χ0) is 15.3. The number of carbonyl (C=O) groups excluding carboxylic acids is 2. The van der Waals surface area contributed by atoms with Crippen LogP contribution in [-0.2, 0) is 9.59 Å². The molecule has 114 valence electrons. The largest absolute Gasteiger partial charge is 0.497 e. The molecule has 1 saturated heterocycles. The number of amides is 2. The molecule has 2 fully saturated rings. The van der Waals surface area contributed by atoms with E-state index in [1.54, 1.807) is 31.4 Å². The summed E-state index contributed by atoms with van der Waals surface area (Å²) in [7, 11) is 1.60. The number of allylic oxidation sites excluding steroid dienone is 2. The number of carbonyl (C=O) groups is 2. The number of imide groups is 1.